The molecule has 0 amide bonds. The van der Waals surface area contributed by atoms with E-state index in [0.29, 0.717) is 10.1 Å². The van der Waals surface area contributed by atoms with Crippen LogP contribution in [-0.4, -0.2) is 21.8 Å². The van der Waals surface area contributed by atoms with Crippen LogP contribution in [0.5, 0.6) is 5.75 Å². The van der Waals surface area contributed by atoms with Gasteiger partial charge in [-0.15, -0.1) is 0 Å². The Kier molecular flexibility index (Phi) is 5.79. The van der Waals surface area contributed by atoms with Gasteiger partial charge in [-0.2, -0.15) is 0 Å². The van der Waals surface area contributed by atoms with Gasteiger partial charge in [0.2, 0.25) is 0 Å². The summed E-state index contributed by atoms with van der Waals surface area (Å²) in [6.45, 7) is 2.11. The topological polar surface area (TPSA) is 42.3 Å². The third-order valence-electron chi connectivity index (χ3n) is 5.94. The highest BCUT2D eigenvalue weighted by Gasteiger charge is 2.42. The van der Waals surface area contributed by atoms with Crippen LogP contribution in [0.25, 0.3) is 5.69 Å². The maximum Gasteiger partial charge on any atom is 0.174 e. The first-order valence-corrected chi connectivity index (χ1v) is 11.4. The van der Waals surface area contributed by atoms with Crippen molar-refractivity contribution in [2.45, 2.75) is 19.0 Å². The predicted molar refractivity (Wildman–Crippen MR) is 136 cm³/mol. The lowest BCUT2D eigenvalue weighted by atomic mass is 10.0. The van der Waals surface area contributed by atoms with Gasteiger partial charge in [-0.1, -0.05) is 17.7 Å². The van der Waals surface area contributed by atoms with E-state index in [9.17, 15) is 0 Å². The van der Waals surface area contributed by atoms with E-state index in [4.69, 9.17) is 28.6 Å². The molecule has 2 aromatic carbocycles. The number of aryl methyl sites for hydroxylation is 1. The van der Waals surface area contributed by atoms with Gasteiger partial charge in [0.25, 0.3) is 0 Å². The summed E-state index contributed by atoms with van der Waals surface area (Å²) in [5.41, 5.74) is 5.20. The van der Waals surface area contributed by atoms with Crippen molar-refractivity contribution in [1.82, 2.24) is 14.9 Å². The molecule has 3 heterocycles. The number of methoxy groups -OCH3 is 1. The van der Waals surface area contributed by atoms with Gasteiger partial charge in [0.05, 0.1) is 18.8 Å². The first-order valence-electron chi connectivity index (χ1n) is 10.7. The van der Waals surface area contributed by atoms with Gasteiger partial charge in [-0.05, 0) is 91.9 Å². The van der Waals surface area contributed by atoms with Gasteiger partial charge >= 0.3 is 0 Å². The third-order valence-corrected chi connectivity index (χ3v) is 6.51. The average molecular weight is 475 g/mol. The van der Waals surface area contributed by atoms with Crippen molar-refractivity contribution in [1.29, 1.82) is 0 Å². The fourth-order valence-electron chi connectivity index (χ4n) is 4.41. The van der Waals surface area contributed by atoms with Crippen molar-refractivity contribution < 1.29 is 4.74 Å². The van der Waals surface area contributed by atoms with Crippen molar-refractivity contribution in [3.05, 3.63) is 107 Å². The molecule has 1 fully saturated rings. The molecule has 1 N–H and O–H groups in total. The van der Waals surface area contributed by atoms with Gasteiger partial charge in [-0.3, -0.25) is 4.98 Å². The minimum atomic E-state index is -0.124. The van der Waals surface area contributed by atoms with E-state index in [-0.39, 0.29) is 12.1 Å². The summed E-state index contributed by atoms with van der Waals surface area (Å²) in [6, 6.07) is 25.9. The summed E-state index contributed by atoms with van der Waals surface area (Å²) in [6.07, 6.45) is 1.82. The summed E-state index contributed by atoms with van der Waals surface area (Å²) in [4.78, 5) is 6.80. The Labute approximate surface area is 203 Å². The Balaban J connectivity index is 1.67. The van der Waals surface area contributed by atoms with Crippen molar-refractivity contribution in [3.8, 4) is 11.4 Å². The molecule has 0 aliphatic carbocycles. The van der Waals surface area contributed by atoms with Crippen LogP contribution in [0.2, 0.25) is 5.02 Å². The Morgan fingerprint density at radius 1 is 0.939 bits per heavy atom. The SMILES string of the molecule is COc1ccc(-n2c(C)ccc2C2C(c3ccccn3)NC(=S)N2c2ccc(Cl)cc2)cc1. The largest absolute Gasteiger partial charge is 0.497 e. The molecule has 5 rings (SSSR count). The Morgan fingerprint density at radius 3 is 2.33 bits per heavy atom. The number of hydrogen-bond donors (Lipinski definition) is 1. The Hall–Kier alpha value is -3.35. The van der Waals surface area contributed by atoms with Gasteiger partial charge in [0.15, 0.2) is 5.11 Å². The molecule has 2 aromatic heterocycles. The lowest BCUT2D eigenvalue weighted by Gasteiger charge is -2.29. The molecule has 1 saturated heterocycles. The summed E-state index contributed by atoms with van der Waals surface area (Å²) >= 11 is 12.0. The number of pyridine rings is 1. The van der Waals surface area contributed by atoms with Crippen LogP contribution in [0.4, 0.5) is 5.69 Å². The lowest BCUT2D eigenvalue weighted by molar-refractivity contribution is 0.414. The monoisotopic (exact) mass is 474 g/mol. The molecule has 0 saturated carbocycles. The normalized spacial score (nSPS) is 17.8. The maximum absolute atomic E-state index is 6.17. The van der Waals surface area contributed by atoms with Crippen molar-refractivity contribution >= 4 is 34.6 Å². The summed E-state index contributed by atoms with van der Waals surface area (Å²) in [5.74, 6) is 0.822. The maximum atomic E-state index is 6.17. The molecule has 1 aliphatic rings. The molecule has 7 heteroatoms. The summed E-state index contributed by atoms with van der Waals surface area (Å²) in [7, 11) is 1.67. The number of hydrogen-bond acceptors (Lipinski definition) is 3. The van der Waals surface area contributed by atoms with Crippen molar-refractivity contribution in [2.75, 3.05) is 12.0 Å². The molecular formula is C26H23ClN4OS. The molecule has 0 spiro atoms. The van der Waals surface area contributed by atoms with E-state index in [1.165, 1.54) is 0 Å². The molecular weight excluding hydrogens is 452 g/mol. The molecule has 5 nitrogen and oxygen atoms in total. The van der Waals surface area contributed by atoms with Crippen LogP contribution in [0.3, 0.4) is 0 Å². The molecule has 2 unspecified atom stereocenters. The summed E-state index contributed by atoms with van der Waals surface area (Å²) in [5, 5.41) is 4.85. The number of ether oxygens (including phenoxy) is 1. The van der Waals surface area contributed by atoms with E-state index in [1.807, 2.05) is 60.8 Å². The van der Waals surface area contributed by atoms with E-state index in [0.717, 1.165) is 34.2 Å². The number of nitrogens with zero attached hydrogens (tertiary/aromatic N) is 3. The third kappa shape index (κ3) is 3.96. The van der Waals surface area contributed by atoms with Crippen LogP contribution in [0, 0.1) is 6.92 Å². The highest BCUT2D eigenvalue weighted by molar-refractivity contribution is 7.80. The zero-order valence-electron chi connectivity index (χ0n) is 18.3. The zero-order valence-corrected chi connectivity index (χ0v) is 19.8. The number of nitrogens with one attached hydrogen (secondary N) is 1. The highest BCUT2D eigenvalue weighted by Crippen LogP contribution is 2.43. The zero-order chi connectivity index (χ0) is 22.9. The van der Waals surface area contributed by atoms with Crippen LogP contribution >= 0.6 is 23.8 Å². The van der Waals surface area contributed by atoms with Gasteiger partial charge < -0.3 is 19.5 Å². The standard InChI is InChI=1S/C26H23ClN4OS/c1-17-6-15-23(30(17)19-11-13-21(32-2)14-12-19)25-24(22-5-3-4-16-28-22)29-26(33)31(25)20-9-7-18(27)8-10-20/h3-16,24-25H,1-2H3,(H,29,33). The van der Waals surface area contributed by atoms with E-state index < -0.39 is 0 Å². The second-order valence-electron chi connectivity index (χ2n) is 7.91. The highest BCUT2D eigenvalue weighted by atomic mass is 35.5. The number of aromatic nitrogens is 2. The Bertz CT molecular complexity index is 1270. The van der Waals surface area contributed by atoms with Crippen LogP contribution in [0.1, 0.15) is 29.2 Å². The molecule has 0 radical (unpaired) electrons. The van der Waals surface area contributed by atoms with E-state index in [2.05, 4.69) is 51.0 Å². The smallest absolute Gasteiger partial charge is 0.174 e. The van der Waals surface area contributed by atoms with E-state index >= 15 is 0 Å². The lowest BCUT2D eigenvalue weighted by Crippen LogP contribution is -2.30. The number of halogens is 1. The second-order valence-corrected chi connectivity index (χ2v) is 8.73. The first kappa shape index (κ1) is 21.5. The van der Waals surface area contributed by atoms with Crippen LogP contribution < -0.4 is 15.0 Å². The molecule has 1 aliphatic heterocycles. The first-order chi connectivity index (χ1) is 16.1. The number of anilines is 1. The molecule has 33 heavy (non-hydrogen) atoms. The number of thiocarbonyl (C=S) groups is 1. The predicted octanol–water partition coefficient (Wildman–Crippen LogP) is 6.02. The van der Waals surface area contributed by atoms with Gasteiger partial charge in [0, 0.05) is 34.0 Å². The minimum Gasteiger partial charge on any atom is -0.497 e. The number of benzene rings is 2. The molecule has 4 aromatic rings. The van der Waals surface area contributed by atoms with Crippen molar-refractivity contribution in [3.63, 3.8) is 0 Å². The summed E-state index contributed by atoms with van der Waals surface area (Å²) < 4.78 is 7.62. The van der Waals surface area contributed by atoms with Gasteiger partial charge in [-0.25, -0.2) is 0 Å². The van der Waals surface area contributed by atoms with Gasteiger partial charge in [0.1, 0.15) is 11.8 Å². The molecule has 0 bridgehead atoms. The molecule has 2 atom stereocenters. The fourth-order valence-corrected chi connectivity index (χ4v) is 4.88. The van der Waals surface area contributed by atoms with Crippen LogP contribution in [-0.2, 0) is 0 Å². The molecule has 166 valence electrons. The number of rotatable bonds is 5. The second kappa shape index (κ2) is 8.89. The fraction of sp³-hybridized carbons (Fsp3) is 0.154. The van der Waals surface area contributed by atoms with Crippen molar-refractivity contribution in [2.24, 2.45) is 0 Å². The van der Waals surface area contributed by atoms with E-state index in [1.54, 1.807) is 7.11 Å². The quantitative estimate of drug-likeness (QED) is 0.358. The Morgan fingerprint density at radius 2 is 1.67 bits per heavy atom. The van der Waals surface area contributed by atoms with Crippen LogP contribution in [0.15, 0.2) is 85.1 Å². The average Bonchev–Trinajstić information content (AvgIpc) is 3.39. The minimum absolute atomic E-state index is 0.121.